The van der Waals surface area contributed by atoms with E-state index >= 15 is 0 Å². The molecule has 1 atom stereocenters. The smallest absolute Gasteiger partial charge is 0.263 e. The van der Waals surface area contributed by atoms with Crippen molar-refractivity contribution in [3.05, 3.63) is 101 Å². The zero-order valence-corrected chi connectivity index (χ0v) is 21.0. The van der Waals surface area contributed by atoms with Gasteiger partial charge in [0.05, 0.1) is 29.5 Å². The van der Waals surface area contributed by atoms with Crippen LogP contribution in [-0.4, -0.2) is 31.4 Å². The molecule has 0 saturated heterocycles. The van der Waals surface area contributed by atoms with Crippen LogP contribution >= 0.6 is 0 Å². The van der Waals surface area contributed by atoms with E-state index in [9.17, 15) is 4.79 Å². The summed E-state index contributed by atoms with van der Waals surface area (Å²) in [6.45, 7) is 7.53. The quantitative estimate of drug-likeness (QED) is 0.287. The molecule has 188 valence electrons. The van der Waals surface area contributed by atoms with E-state index in [1.165, 1.54) is 0 Å². The monoisotopic (exact) mass is 502 g/mol. The molecule has 3 aromatic heterocycles. The summed E-state index contributed by atoms with van der Waals surface area (Å²) in [5, 5.41) is 12.7. The Balaban J connectivity index is 1.73. The van der Waals surface area contributed by atoms with Gasteiger partial charge in [-0.05, 0) is 61.9 Å². The van der Waals surface area contributed by atoms with Gasteiger partial charge in [-0.15, -0.1) is 0 Å². The normalized spacial score (nSPS) is 12.1. The number of pyridine rings is 1. The highest BCUT2D eigenvalue weighted by Gasteiger charge is 2.21. The molecule has 2 aromatic carbocycles. The predicted octanol–water partition coefficient (Wildman–Crippen LogP) is 5.36. The molecule has 0 radical (unpaired) electrons. The van der Waals surface area contributed by atoms with Crippen LogP contribution in [0.1, 0.15) is 31.3 Å². The minimum atomic E-state index is -0.369. The van der Waals surface area contributed by atoms with Crippen LogP contribution in [0.2, 0.25) is 0 Å². The van der Waals surface area contributed by atoms with Crippen LogP contribution in [0.3, 0.4) is 0 Å². The Kier molecular flexibility index (Phi) is 6.73. The van der Waals surface area contributed by atoms with Crippen molar-refractivity contribution in [2.45, 2.75) is 19.9 Å². The summed E-state index contributed by atoms with van der Waals surface area (Å²) in [6.07, 6.45) is 6.91. The molecule has 0 aliphatic heterocycles. The topological polar surface area (TPSA) is 124 Å². The summed E-state index contributed by atoms with van der Waals surface area (Å²) in [6, 6.07) is 18.8. The average molecular weight is 503 g/mol. The number of para-hydroxylation sites is 1. The third-order valence-corrected chi connectivity index (χ3v) is 6.19. The number of nitrogen functional groups attached to an aromatic ring is 1. The van der Waals surface area contributed by atoms with E-state index in [0.29, 0.717) is 22.6 Å². The molecule has 3 heterocycles. The number of hydrogen-bond acceptors (Lipinski definition) is 8. The van der Waals surface area contributed by atoms with Gasteiger partial charge < -0.3 is 11.1 Å². The highest BCUT2D eigenvalue weighted by Crippen LogP contribution is 2.33. The van der Waals surface area contributed by atoms with Gasteiger partial charge in [-0.1, -0.05) is 42.5 Å². The number of anilines is 2. The lowest BCUT2D eigenvalue weighted by molar-refractivity contribution is 0.773. The van der Waals surface area contributed by atoms with Crippen molar-refractivity contribution < 1.29 is 0 Å². The zero-order valence-electron chi connectivity index (χ0n) is 21.0. The third kappa shape index (κ3) is 4.53. The molecule has 0 fully saturated rings. The lowest BCUT2D eigenvalue weighted by Crippen LogP contribution is -2.26. The van der Waals surface area contributed by atoms with Crippen molar-refractivity contribution in [1.82, 2.24) is 24.7 Å². The van der Waals surface area contributed by atoms with Gasteiger partial charge in [0.1, 0.15) is 5.69 Å². The molecule has 0 amide bonds. The molecule has 5 rings (SSSR count). The molecule has 9 nitrogen and oxygen atoms in total. The van der Waals surface area contributed by atoms with Crippen molar-refractivity contribution in [2.24, 2.45) is 4.99 Å². The van der Waals surface area contributed by atoms with E-state index in [1.807, 2.05) is 80.6 Å². The van der Waals surface area contributed by atoms with Crippen molar-refractivity contribution in [3.8, 4) is 16.8 Å². The molecule has 0 unspecified atom stereocenters. The number of rotatable bonds is 7. The molecular formula is C29H26N8O. The first-order valence-corrected chi connectivity index (χ1v) is 12.1. The van der Waals surface area contributed by atoms with E-state index in [2.05, 4.69) is 37.2 Å². The van der Waals surface area contributed by atoms with Crippen LogP contribution in [0.15, 0.2) is 88.9 Å². The number of aromatic nitrogens is 5. The van der Waals surface area contributed by atoms with E-state index in [1.54, 1.807) is 23.0 Å². The highest BCUT2D eigenvalue weighted by atomic mass is 16.1. The van der Waals surface area contributed by atoms with E-state index in [0.717, 1.165) is 27.9 Å². The molecule has 38 heavy (non-hydrogen) atoms. The number of nitrogens with zero attached hydrogens (tertiary/aromatic N) is 6. The largest absolute Gasteiger partial charge is 0.368 e. The SMILES string of the molecule is C=Nc1c(/C=C\C)nc(N)nc1N[C@@H](C)c1cc2cccc(-c3ccnnc3)c2c(=O)n1-c1ccccc1. The molecule has 5 aromatic rings. The lowest BCUT2D eigenvalue weighted by Gasteiger charge is -2.23. The number of fused-ring (bicyclic) bond motifs is 1. The molecule has 9 heteroatoms. The summed E-state index contributed by atoms with van der Waals surface area (Å²) < 4.78 is 1.72. The van der Waals surface area contributed by atoms with Gasteiger partial charge in [-0.2, -0.15) is 15.2 Å². The maximum absolute atomic E-state index is 14.2. The molecule has 3 N–H and O–H groups in total. The second-order valence-corrected chi connectivity index (χ2v) is 8.63. The van der Waals surface area contributed by atoms with Gasteiger partial charge >= 0.3 is 0 Å². The van der Waals surface area contributed by atoms with Gasteiger partial charge in [-0.25, -0.2) is 4.98 Å². The van der Waals surface area contributed by atoms with E-state index in [-0.39, 0.29) is 17.5 Å². The number of benzene rings is 2. The molecule has 0 bridgehead atoms. The van der Waals surface area contributed by atoms with Gasteiger partial charge in [0, 0.05) is 16.9 Å². The van der Waals surface area contributed by atoms with Crippen molar-refractivity contribution in [3.63, 3.8) is 0 Å². The van der Waals surface area contributed by atoms with Crippen LogP contribution in [0.4, 0.5) is 17.5 Å². The first-order valence-electron chi connectivity index (χ1n) is 12.1. The summed E-state index contributed by atoms with van der Waals surface area (Å²) in [7, 11) is 0. The summed E-state index contributed by atoms with van der Waals surface area (Å²) in [5.74, 6) is 0.534. The predicted molar refractivity (Wildman–Crippen MR) is 153 cm³/mol. The minimum absolute atomic E-state index is 0.106. The third-order valence-electron chi connectivity index (χ3n) is 6.19. The van der Waals surface area contributed by atoms with E-state index < -0.39 is 0 Å². The fourth-order valence-electron chi connectivity index (χ4n) is 4.53. The number of aliphatic imine (C=N–C) groups is 1. The summed E-state index contributed by atoms with van der Waals surface area (Å²) in [5.41, 5.74) is 9.96. The van der Waals surface area contributed by atoms with Gasteiger partial charge in [-0.3, -0.25) is 14.4 Å². The van der Waals surface area contributed by atoms with E-state index in [4.69, 9.17) is 5.73 Å². The second kappa shape index (κ2) is 10.4. The van der Waals surface area contributed by atoms with Gasteiger partial charge in [0.15, 0.2) is 5.82 Å². The van der Waals surface area contributed by atoms with Crippen LogP contribution in [0, 0.1) is 0 Å². The zero-order chi connectivity index (χ0) is 26.6. The maximum atomic E-state index is 14.2. The van der Waals surface area contributed by atoms with Gasteiger partial charge in [0.25, 0.3) is 5.56 Å². The first kappa shape index (κ1) is 24.5. The molecule has 0 saturated carbocycles. The Morgan fingerprint density at radius 3 is 2.61 bits per heavy atom. The molecule has 0 aliphatic carbocycles. The van der Waals surface area contributed by atoms with Crippen LogP contribution < -0.4 is 16.6 Å². The summed E-state index contributed by atoms with van der Waals surface area (Å²) >= 11 is 0. The Labute approximate surface area is 219 Å². The number of nitrogens with two attached hydrogens (primary N) is 1. The second-order valence-electron chi connectivity index (χ2n) is 8.63. The Hall–Kier alpha value is -5.18. The Morgan fingerprint density at radius 2 is 1.89 bits per heavy atom. The standard InChI is InChI=1S/C29H26N8O/c1-4-9-23-26(31-3)27(36-29(30)35-23)34-18(2)24-16-19-10-8-13-22(20-14-15-32-33-17-20)25(19)28(38)37(24)21-11-6-5-7-12-21/h4-18H,3H2,1-2H3,(H3,30,34,35,36)/b9-4-/t18-/m0/s1. The Bertz CT molecular complexity index is 1710. The molecule has 0 spiro atoms. The summed E-state index contributed by atoms with van der Waals surface area (Å²) in [4.78, 5) is 27.0. The highest BCUT2D eigenvalue weighted by molar-refractivity contribution is 5.96. The molecule has 0 aliphatic rings. The average Bonchev–Trinajstić information content (AvgIpc) is 2.93. The van der Waals surface area contributed by atoms with Crippen molar-refractivity contribution in [1.29, 1.82) is 0 Å². The number of nitrogens with one attached hydrogen (secondary N) is 1. The lowest BCUT2D eigenvalue weighted by atomic mass is 9.99. The Morgan fingerprint density at radius 1 is 1.08 bits per heavy atom. The first-order chi connectivity index (χ1) is 18.5. The van der Waals surface area contributed by atoms with Crippen molar-refractivity contribution >= 4 is 41.0 Å². The fraction of sp³-hybridized carbons (Fsp3) is 0.103. The fourth-order valence-corrected chi connectivity index (χ4v) is 4.53. The minimum Gasteiger partial charge on any atom is -0.368 e. The van der Waals surface area contributed by atoms with Crippen LogP contribution in [-0.2, 0) is 0 Å². The molecular weight excluding hydrogens is 476 g/mol. The maximum Gasteiger partial charge on any atom is 0.263 e. The van der Waals surface area contributed by atoms with Crippen LogP contribution in [0.25, 0.3) is 33.7 Å². The van der Waals surface area contributed by atoms with Crippen molar-refractivity contribution in [2.75, 3.05) is 11.1 Å². The number of allylic oxidation sites excluding steroid dienone is 1. The van der Waals surface area contributed by atoms with Gasteiger partial charge in [0.2, 0.25) is 5.95 Å². The number of hydrogen-bond donors (Lipinski definition) is 2. The van der Waals surface area contributed by atoms with Crippen LogP contribution in [0.5, 0.6) is 0 Å².